The summed E-state index contributed by atoms with van der Waals surface area (Å²) < 4.78 is 33.7. The second-order valence-corrected chi connectivity index (χ2v) is 9.54. The number of imide groups is 1. The highest BCUT2D eigenvalue weighted by molar-refractivity contribution is 6.07. The average molecular weight is 499 g/mol. The first-order chi connectivity index (χ1) is 17.4. The number of urea groups is 1. The molecule has 3 aliphatic rings. The van der Waals surface area contributed by atoms with Gasteiger partial charge in [-0.25, -0.2) is 13.6 Å². The highest BCUT2D eigenvalue weighted by Crippen LogP contribution is 2.41. The maximum atomic E-state index is 14.0. The number of halogens is 2. The molecule has 0 radical (unpaired) electrons. The van der Waals surface area contributed by atoms with Crippen LogP contribution < -0.4 is 5.32 Å². The number of hydrogen-bond acceptors (Lipinski definition) is 5. The summed E-state index contributed by atoms with van der Waals surface area (Å²) in [5, 5.41) is 2.94. The van der Waals surface area contributed by atoms with Gasteiger partial charge in [0.1, 0.15) is 11.6 Å². The minimum atomic E-state index is -1.34. The molecular formula is C26H28F2N4O4. The first-order valence-corrected chi connectivity index (χ1v) is 12.3. The molecule has 0 bridgehead atoms. The molecule has 0 saturated carbocycles. The molecule has 0 spiro atoms. The summed E-state index contributed by atoms with van der Waals surface area (Å²) in [7, 11) is 0. The number of carbonyl (C=O) groups excluding carboxylic acids is 3. The molecule has 4 amide bonds. The van der Waals surface area contributed by atoms with Gasteiger partial charge < -0.3 is 15.0 Å². The minimum absolute atomic E-state index is 0.183. The number of piperidine rings is 1. The number of amides is 4. The van der Waals surface area contributed by atoms with Crippen LogP contribution in [0.25, 0.3) is 0 Å². The van der Waals surface area contributed by atoms with E-state index in [0.717, 1.165) is 25.0 Å². The molecule has 4 heterocycles. The lowest BCUT2D eigenvalue weighted by Crippen LogP contribution is -2.55. The lowest BCUT2D eigenvalue weighted by atomic mass is 9.75. The predicted molar refractivity (Wildman–Crippen MR) is 124 cm³/mol. The van der Waals surface area contributed by atoms with Gasteiger partial charge in [-0.05, 0) is 49.9 Å². The number of ether oxygens (including phenoxy) is 1. The fraction of sp³-hybridized carbons (Fsp3) is 0.462. The first kappa shape index (κ1) is 24.3. The number of nitrogens with zero attached hydrogens (tertiary/aromatic N) is 3. The van der Waals surface area contributed by atoms with E-state index in [1.165, 1.54) is 11.0 Å². The summed E-state index contributed by atoms with van der Waals surface area (Å²) in [4.78, 5) is 46.9. The van der Waals surface area contributed by atoms with Gasteiger partial charge in [-0.2, -0.15) is 0 Å². The van der Waals surface area contributed by atoms with Crippen molar-refractivity contribution in [3.05, 3.63) is 65.5 Å². The Morgan fingerprint density at radius 3 is 2.47 bits per heavy atom. The molecule has 8 nitrogen and oxygen atoms in total. The summed E-state index contributed by atoms with van der Waals surface area (Å²) in [5.74, 6) is -2.56. The molecule has 5 rings (SSSR count). The first-order valence-electron chi connectivity index (χ1n) is 12.3. The zero-order valence-corrected chi connectivity index (χ0v) is 19.8. The van der Waals surface area contributed by atoms with Gasteiger partial charge >= 0.3 is 6.03 Å². The van der Waals surface area contributed by atoms with Gasteiger partial charge in [-0.15, -0.1) is 0 Å². The summed E-state index contributed by atoms with van der Waals surface area (Å²) in [6.45, 7) is 1.39. The number of aromatic nitrogens is 1. The van der Waals surface area contributed by atoms with Crippen LogP contribution in [0.1, 0.15) is 36.9 Å². The third-order valence-corrected chi connectivity index (χ3v) is 7.46. The van der Waals surface area contributed by atoms with Crippen LogP contribution in [-0.4, -0.2) is 65.0 Å². The van der Waals surface area contributed by atoms with Crippen LogP contribution in [-0.2, 0) is 26.3 Å². The van der Waals surface area contributed by atoms with Crippen molar-refractivity contribution in [1.29, 1.82) is 0 Å². The van der Waals surface area contributed by atoms with E-state index in [0.29, 0.717) is 38.2 Å². The van der Waals surface area contributed by atoms with Crippen molar-refractivity contribution in [3.8, 4) is 0 Å². The second-order valence-electron chi connectivity index (χ2n) is 9.54. The number of pyridine rings is 1. The average Bonchev–Trinajstić information content (AvgIpc) is 3.50. The number of likely N-dealkylation sites (tertiary alicyclic amines) is 1. The molecule has 0 unspecified atom stereocenters. The van der Waals surface area contributed by atoms with E-state index in [1.807, 2.05) is 0 Å². The predicted octanol–water partition coefficient (Wildman–Crippen LogP) is 2.77. The molecule has 36 heavy (non-hydrogen) atoms. The largest absolute Gasteiger partial charge is 0.376 e. The normalized spacial score (nSPS) is 24.9. The molecule has 2 aromatic rings. The Hall–Kier alpha value is -3.40. The van der Waals surface area contributed by atoms with E-state index in [2.05, 4.69) is 10.3 Å². The minimum Gasteiger partial charge on any atom is -0.376 e. The van der Waals surface area contributed by atoms with Crippen LogP contribution in [0.3, 0.4) is 0 Å². The number of carbonyl (C=O) groups is 3. The van der Waals surface area contributed by atoms with Crippen LogP contribution in [0.4, 0.5) is 13.6 Å². The molecule has 3 fully saturated rings. The van der Waals surface area contributed by atoms with E-state index >= 15 is 0 Å². The maximum absolute atomic E-state index is 14.0. The fourth-order valence-electron chi connectivity index (χ4n) is 5.53. The van der Waals surface area contributed by atoms with Crippen LogP contribution in [0.2, 0.25) is 0 Å². The number of rotatable bonds is 6. The Kier molecular flexibility index (Phi) is 6.70. The summed E-state index contributed by atoms with van der Waals surface area (Å²) in [6.07, 6.45) is 3.54. The maximum Gasteiger partial charge on any atom is 0.325 e. The van der Waals surface area contributed by atoms with Gasteiger partial charge in [0.25, 0.3) is 5.91 Å². The van der Waals surface area contributed by atoms with Crippen molar-refractivity contribution in [3.63, 3.8) is 0 Å². The van der Waals surface area contributed by atoms with Gasteiger partial charge in [-0.1, -0.05) is 12.1 Å². The van der Waals surface area contributed by atoms with Crippen molar-refractivity contribution in [1.82, 2.24) is 20.1 Å². The molecule has 1 aromatic heterocycles. The van der Waals surface area contributed by atoms with Gasteiger partial charge in [-0.3, -0.25) is 19.5 Å². The highest BCUT2D eigenvalue weighted by Gasteiger charge is 2.58. The van der Waals surface area contributed by atoms with Crippen LogP contribution in [0.15, 0.2) is 42.6 Å². The van der Waals surface area contributed by atoms with Gasteiger partial charge in [0.15, 0.2) is 5.54 Å². The standard InChI is InChI=1S/C26H28F2N4O4/c27-20-6-3-7-21(28)19(20)15-23(33)31-12-9-17(10-13-31)26(22-8-1-2-11-29-22)24(34)32(25(35)30-26)16-18-5-4-14-36-18/h1-3,6-8,11,17-18H,4-5,9-10,12-16H2,(H,30,35)/t18-,26-/m1/s1. The molecule has 2 atom stereocenters. The SMILES string of the molecule is O=C(Cc1c(F)cccc1F)N1CCC([C@]2(c3ccccn3)NC(=O)N(C[C@H]3CCCO3)C2=O)CC1. The molecule has 0 aliphatic carbocycles. The molecule has 3 saturated heterocycles. The lowest BCUT2D eigenvalue weighted by molar-refractivity contribution is -0.137. The Morgan fingerprint density at radius 2 is 1.83 bits per heavy atom. The summed E-state index contributed by atoms with van der Waals surface area (Å²) in [5.41, 5.74) is -1.14. The van der Waals surface area contributed by atoms with Crippen molar-refractivity contribution in [2.45, 2.75) is 43.7 Å². The van der Waals surface area contributed by atoms with E-state index in [1.54, 1.807) is 29.3 Å². The van der Waals surface area contributed by atoms with Crippen molar-refractivity contribution in [2.24, 2.45) is 5.92 Å². The second kappa shape index (κ2) is 9.93. The van der Waals surface area contributed by atoms with Crippen LogP contribution in [0.5, 0.6) is 0 Å². The Labute approximate surface area is 207 Å². The van der Waals surface area contributed by atoms with Crippen LogP contribution in [0, 0.1) is 17.6 Å². The smallest absolute Gasteiger partial charge is 0.325 e. The van der Waals surface area contributed by atoms with Gasteiger partial charge in [0.05, 0.1) is 24.8 Å². The molecule has 1 N–H and O–H groups in total. The van der Waals surface area contributed by atoms with E-state index in [4.69, 9.17) is 4.74 Å². The Balaban J connectivity index is 1.34. The van der Waals surface area contributed by atoms with Gasteiger partial charge in [0.2, 0.25) is 5.91 Å². The molecule has 1 aromatic carbocycles. The van der Waals surface area contributed by atoms with E-state index < -0.39 is 23.2 Å². The molecule has 3 aliphatic heterocycles. The lowest BCUT2D eigenvalue weighted by Gasteiger charge is -2.40. The number of benzene rings is 1. The third kappa shape index (κ3) is 4.34. The quantitative estimate of drug-likeness (QED) is 0.619. The van der Waals surface area contributed by atoms with E-state index in [-0.39, 0.29) is 42.4 Å². The summed E-state index contributed by atoms with van der Waals surface area (Å²) >= 11 is 0. The van der Waals surface area contributed by atoms with E-state index in [9.17, 15) is 23.2 Å². The molecule has 190 valence electrons. The fourth-order valence-corrected chi connectivity index (χ4v) is 5.53. The highest BCUT2D eigenvalue weighted by atomic mass is 19.1. The zero-order valence-electron chi connectivity index (χ0n) is 19.8. The summed E-state index contributed by atoms with van der Waals surface area (Å²) in [6, 6.07) is 8.29. The van der Waals surface area contributed by atoms with Crippen molar-refractivity contribution in [2.75, 3.05) is 26.2 Å². The van der Waals surface area contributed by atoms with Crippen molar-refractivity contribution < 1.29 is 27.9 Å². The number of nitrogens with one attached hydrogen (secondary N) is 1. The monoisotopic (exact) mass is 498 g/mol. The third-order valence-electron chi connectivity index (χ3n) is 7.46. The molecule has 10 heteroatoms. The topological polar surface area (TPSA) is 91.8 Å². The Morgan fingerprint density at radius 1 is 1.08 bits per heavy atom. The Bertz CT molecular complexity index is 1130. The van der Waals surface area contributed by atoms with Crippen LogP contribution >= 0.6 is 0 Å². The van der Waals surface area contributed by atoms with Gasteiger partial charge in [0, 0.05) is 37.4 Å². The van der Waals surface area contributed by atoms with Crippen molar-refractivity contribution >= 4 is 17.8 Å². The molecular weight excluding hydrogens is 470 g/mol. The zero-order chi connectivity index (χ0) is 25.3. The number of hydrogen-bond donors (Lipinski definition) is 1.